The van der Waals surface area contributed by atoms with Gasteiger partial charge in [-0.25, -0.2) is 0 Å². The predicted octanol–water partition coefficient (Wildman–Crippen LogP) is 2.30. The number of carbonyl (C=O) groups excluding carboxylic acids is 2. The Hall–Kier alpha value is -2.37. The maximum Gasteiger partial charge on any atom is 0.275 e. The van der Waals surface area contributed by atoms with E-state index in [1.165, 1.54) is 11.1 Å². The molecular formula is C22H27ClN3O2+. The molecule has 1 unspecified atom stereocenters. The lowest BCUT2D eigenvalue weighted by molar-refractivity contribution is -0.905. The third-order valence-electron chi connectivity index (χ3n) is 5.39. The summed E-state index contributed by atoms with van der Waals surface area (Å²) in [6.45, 7) is 2.12. The van der Waals surface area contributed by atoms with Crippen molar-refractivity contribution in [3.63, 3.8) is 0 Å². The molecule has 0 heterocycles. The molecule has 3 rings (SSSR count). The number of aryl methyl sites for hydroxylation is 1. The van der Waals surface area contributed by atoms with Crippen LogP contribution in [0.15, 0.2) is 42.5 Å². The molecule has 2 aromatic rings. The van der Waals surface area contributed by atoms with E-state index in [4.69, 9.17) is 11.6 Å². The van der Waals surface area contributed by atoms with Crippen molar-refractivity contribution < 1.29 is 14.5 Å². The second kappa shape index (κ2) is 9.22. The lowest BCUT2D eigenvalue weighted by Gasteiger charge is -2.30. The van der Waals surface area contributed by atoms with Crippen molar-refractivity contribution >= 4 is 29.1 Å². The summed E-state index contributed by atoms with van der Waals surface area (Å²) in [4.78, 5) is 25.7. The van der Waals surface area contributed by atoms with Gasteiger partial charge in [-0.15, -0.1) is 0 Å². The molecule has 0 saturated carbocycles. The molecule has 0 radical (unpaired) electrons. The average Bonchev–Trinajstić information content (AvgIpc) is 2.69. The van der Waals surface area contributed by atoms with Gasteiger partial charge >= 0.3 is 0 Å². The second-order valence-corrected chi connectivity index (χ2v) is 7.81. The van der Waals surface area contributed by atoms with Crippen LogP contribution in [0, 0.1) is 6.92 Å². The molecule has 0 fully saturated rings. The van der Waals surface area contributed by atoms with Gasteiger partial charge in [0.2, 0.25) is 5.91 Å². The molecule has 0 saturated heterocycles. The SMILES string of the molecule is Cc1c(Cl)cccc1NC(=O)CNC(=O)C[NH+](C)[C@@H]1CCCc2ccccc21. The van der Waals surface area contributed by atoms with Crippen molar-refractivity contribution in [1.82, 2.24) is 5.32 Å². The zero-order valence-electron chi connectivity index (χ0n) is 16.3. The van der Waals surface area contributed by atoms with Crippen LogP contribution in [0.3, 0.4) is 0 Å². The van der Waals surface area contributed by atoms with Crippen molar-refractivity contribution in [2.75, 3.05) is 25.5 Å². The summed E-state index contributed by atoms with van der Waals surface area (Å²) in [5, 5.41) is 6.11. The molecule has 0 spiro atoms. The largest absolute Gasteiger partial charge is 0.342 e. The number of carbonyl (C=O) groups is 2. The highest BCUT2D eigenvalue weighted by atomic mass is 35.5. The van der Waals surface area contributed by atoms with Gasteiger partial charge in [-0.1, -0.05) is 41.9 Å². The van der Waals surface area contributed by atoms with Crippen LogP contribution < -0.4 is 15.5 Å². The van der Waals surface area contributed by atoms with E-state index in [0.717, 1.165) is 29.7 Å². The standard InChI is InChI=1S/C22H26ClN3O2/c1-15-18(23)10-6-11-19(15)25-21(27)13-24-22(28)14-26(2)20-12-5-8-16-7-3-4-9-17(16)20/h3-4,6-7,9-11,20H,5,8,12-14H2,1-2H3,(H,24,28)(H,25,27)/p+1/t20-/m1/s1. The summed E-state index contributed by atoms with van der Waals surface area (Å²) in [6, 6.07) is 14.1. The van der Waals surface area contributed by atoms with Gasteiger partial charge in [0.1, 0.15) is 6.04 Å². The lowest BCUT2D eigenvalue weighted by atomic mass is 9.87. The zero-order valence-corrected chi connectivity index (χ0v) is 17.1. The summed E-state index contributed by atoms with van der Waals surface area (Å²) in [5.41, 5.74) is 4.19. The van der Waals surface area contributed by atoms with E-state index in [2.05, 4.69) is 34.9 Å². The zero-order chi connectivity index (χ0) is 20.1. The number of anilines is 1. The van der Waals surface area contributed by atoms with Crippen molar-refractivity contribution in [2.45, 2.75) is 32.2 Å². The van der Waals surface area contributed by atoms with Gasteiger partial charge < -0.3 is 15.5 Å². The minimum Gasteiger partial charge on any atom is -0.342 e. The van der Waals surface area contributed by atoms with Crippen LogP contribution in [0.1, 0.15) is 35.6 Å². The number of likely N-dealkylation sites (N-methyl/N-ethyl adjacent to an activating group) is 1. The first kappa shape index (κ1) is 20.4. The molecule has 2 amide bonds. The summed E-state index contributed by atoms with van der Waals surface area (Å²) >= 11 is 6.07. The molecule has 0 aliphatic heterocycles. The highest BCUT2D eigenvalue weighted by molar-refractivity contribution is 6.31. The molecule has 0 aromatic heterocycles. The van der Waals surface area contributed by atoms with Gasteiger partial charge in [0.05, 0.1) is 13.6 Å². The number of rotatable bonds is 6. The number of hydrogen-bond donors (Lipinski definition) is 3. The van der Waals surface area contributed by atoms with Crippen LogP contribution in [-0.4, -0.2) is 32.0 Å². The fraction of sp³-hybridized carbons (Fsp3) is 0.364. The van der Waals surface area contributed by atoms with Crippen molar-refractivity contribution in [2.24, 2.45) is 0 Å². The van der Waals surface area contributed by atoms with Gasteiger partial charge in [-0.3, -0.25) is 9.59 Å². The first-order valence-electron chi connectivity index (χ1n) is 9.67. The average molecular weight is 401 g/mol. The summed E-state index contributed by atoms with van der Waals surface area (Å²) in [5.74, 6) is -0.391. The molecule has 28 heavy (non-hydrogen) atoms. The van der Waals surface area contributed by atoms with Gasteiger partial charge in [0, 0.05) is 22.7 Å². The Kier molecular flexibility index (Phi) is 6.70. The summed E-state index contributed by atoms with van der Waals surface area (Å²) in [6.07, 6.45) is 3.32. The maximum absolute atomic E-state index is 12.4. The molecule has 1 aliphatic rings. The third kappa shape index (κ3) is 4.91. The Morgan fingerprint density at radius 2 is 1.93 bits per heavy atom. The highest BCUT2D eigenvalue weighted by Gasteiger charge is 2.27. The van der Waals surface area contributed by atoms with E-state index < -0.39 is 0 Å². The van der Waals surface area contributed by atoms with Crippen molar-refractivity contribution in [3.05, 3.63) is 64.2 Å². The van der Waals surface area contributed by atoms with E-state index >= 15 is 0 Å². The highest BCUT2D eigenvalue weighted by Crippen LogP contribution is 2.27. The molecule has 2 aromatic carbocycles. The molecular weight excluding hydrogens is 374 g/mol. The number of quaternary nitrogens is 1. The Balaban J connectivity index is 1.50. The fourth-order valence-electron chi connectivity index (χ4n) is 3.82. The minimum atomic E-state index is -0.264. The first-order valence-corrected chi connectivity index (χ1v) is 10.0. The Labute approximate surface area is 171 Å². The van der Waals surface area contributed by atoms with Crippen LogP contribution in [0.2, 0.25) is 5.02 Å². The van der Waals surface area contributed by atoms with E-state index in [-0.39, 0.29) is 18.4 Å². The molecule has 2 atom stereocenters. The number of fused-ring (bicyclic) bond motifs is 1. The minimum absolute atomic E-state index is 0.0562. The predicted molar refractivity (Wildman–Crippen MR) is 112 cm³/mol. The topological polar surface area (TPSA) is 62.6 Å². The maximum atomic E-state index is 12.4. The fourth-order valence-corrected chi connectivity index (χ4v) is 4.00. The van der Waals surface area contributed by atoms with Gasteiger partial charge in [-0.05, 0) is 43.0 Å². The van der Waals surface area contributed by atoms with E-state index in [1.807, 2.05) is 14.0 Å². The quantitative estimate of drug-likeness (QED) is 0.696. The second-order valence-electron chi connectivity index (χ2n) is 7.40. The molecule has 5 nitrogen and oxygen atoms in total. The third-order valence-corrected chi connectivity index (χ3v) is 5.80. The lowest BCUT2D eigenvalue weighted by Crippen LogP contribution is -3.10. The number of halogens is 1. The number of nitrogens with one attached hydrogen (secondary N) is 3. The molecule has 1 aliphatic carbocycles. The van der Waals surface area contributed by atoms with Crippen LogP contribution in [0.5, 0.6) is 0 Å². The van der Waals surface area contributed by atoms with Gasteiger partial charge in [0.15, 0.2) is 6.54 Å². The Bertz CT molecular complexity index is 869. The van der Waals surface area contributed by atoms with Gasteiger partial charge in [0.25, 0.3) is 5.91 Å². The number of amides is 2. The van der Waals surface area contributed by atoms with Crippen LogP contribution in [-0.2, 0) is 16.0 Å². The number of benzene rings is 2. The smallest absolute Gasteiger partial charge is 0.275 e. The summed E-state index contributed by atoms with van der Waals surface area (Å²) < 4.78 is 0. The van der Waals surface area contributed by atoms with Gasteiger partial charge in [-0.2, -0.15) is 0 Å². The monoisotopic (exact) mass is 400 g/mol. The van der Waals surface area contributed by atoms with Crippen LogP contribution >= 0.6 is 11.6 Å². The Morgan fingerprint density at radius 3 is 2.75 bits per heavy atom. The normalized spacial score (nSPS) is 16.8. The number of hydrogen-bond acceptors (Lipinski definition) is 2. The first-order chi connectivity index (χ1) is 13.5. The summed E-state index contributed by atoms with van der Waals surface area (Å²) in [7, 11) is 2.04. The van der Waals surface area contributed by atoms with E-state index in [1.54, 1.807) is 18.2 Å². The molecule has 0 bridgehead atoms. The molecule has 3 N–H and O–H groups in total. The Morgan fingerprint density at radius 1 is 1.14 bits per heavy atom. The van der Waals surface area contributed by atoms with Crippen molar-refractivity contribution in [1.29, 1.82) is 0 Å². The van der Waals surface area contributed by atoms with Crippen LogP contribution in [0.4, 0.5) is 5.69 Å². The molecule has 148 valence electrons. The van der Waals surface area contributed by atoms with Crippen LogP contribution in [0.25, 0.3) is 0 Å². The van der Waals surface area contributed by atoms with E-state index in [9.17, 15) is 9.59 Å². The van der Waals surface area contributed by atoms with Crippen molar-refractivity contribution in [3.8, 4) is 0 Å². The molecule has 6 heteroatoms. The van der Waals surface area contributed by atoms with E-state index in [0.29, 0.717) is 23.3 Å².